The second-order valence-electron chi connectivity index (χ2n) is 7.04. The topological polar surface area (TPSA) is 74.6 Å². The summed E-state index contributed by atoms with van der Waals surface area (Å²) in [7, 11) is 2.16. The molecule has 2 N–H and O–H groups in total. The van der Waals surface area contributed by atoms with Crippen LogP contribution in [0.1, 0.15) is 12.5 Å². The van der Waals surface area contributed by atoms with E-state index >= 15 is 0 Å². The third-order valence-electron chi connectivity index (χ3n) is 5.29. The summed E-state index contributed by atoms with van der Waals surface area (Å²) in [4.78, 5) is 11.7. The number of aromatic nitrogens is 2. The van der Waals surface area contributed by atoms with Crippen LogP contribution in [0.5, 0.6) is 0 Å². The normalized spacial score (nSPS) is 25.4. The maximum absolute atomic E-state index is 8.50. The molecule has 7 nitrogen and oxygen atoms in total. The summed E-state index contributed by atoms with van der Waals surface area (Å²) in [6.07, 6.45) is 1.81. The standard InChI is InChI=1S/C19H25N7/c1-14-17(20)22-18(15-6-4-3-5-7-15)26(16-8-9-21-23-16)19(14)25-12-10-24(2)11-13-25/h3-9,14,19-20H,10-13H2,1-2H3,(H,21,23). The molecule has 0 amide bonds. The van der Waals surface area contributed by atoms with E-state index in [0.717, 1.165) is 43.4 Å². The van der Waals surface area contributed by atoms with Crippen LogP contribution >= 0.6 is 0 Å². The van der Waals surface area contributed by atoms with Crippen LogP contribution in [0.4, 0.5) is 5.82 Å². The number of likely N-dealkylation sites (N-methyl/N-ethyl adjacent to an activating group) is 1. The summed E-state index contributed by atoms with van der Waals surface area (Å²) in [5.41, 5.74) is 1.01. The number of aromatic amines is 1. The van der Waals surface area contributed by atoms with Gasteiger partial charge < -0.3 is 4.90 Å². The van der Waals surface area contributed by atoms with Crippen molar-refractivity contribution in [1.82, 2.24) is 20.0 Å². The van der Waals surface area contributed by atoms with Crippen LogP contribution in [0.15, 0.2) is 47.6 Å². The highest BCUT2D eigenvalue weighted by Crippen LogP contribution is 2.30. The van der Waals surface area contributed by atoms with Crippen LogP contribution in [-0.2, 0) is 0 Å². The number of hydrogen-bond acceptors (Lipinski definition) is 5. The largest absolute Gasteiger partial charge is 0.304 e. The van der Waals surface area contributed by atoms with Gasteiger partial charge in [-0.1, -0.05) is 37.3 Å². The summed E-state index contributed by atoms with van der Waals surface area (Å²) in [5, 5.41) is 15.8. The molecular weight excluding hydrogens is 326 g/mol. The minimum absolute atomic E-state index is 0.00849. The molecule has 0 saturated carbocycles. The number of anilines is 1. The first-order chi connectivity index (χ1) is 12.6. The van der Waals surface area contributed by atoms with Gasteiger partial charge in [-0.05, 0) is 7.05 Å². The predicted molar refractivity (Wildman–Crippen MR) is 104 cm³/mol. The first kappa shape index (κ1) is 16.9. The van der Waals surface area contributed by atoms with Gasteiger partial charge in [0.05, 0.1) is 18.3 Å². The molecule has 0 aliphatic carbocycles. The van der Waals surface area contributed by atoms with Gasteiger partial charge in [-0.2, -0.15) is 5.10 Å². The predicted octanol–water partition coefficient (Wildman–Crippen LogP) is 1.86. The van der Waals surface area contributed by atoms with Crippen molar-refractivity contribution in [2.45, 2.75) is 13.1 Å². The molecule has 7 heteroatoms. The lowest BCUT2D eigenvalue weighted by Crippen LogP contribution is -2.62. The molecule has 2 aliphatic heterocycles. The molecule has 2 atom stereocenters. The maximum Gasteiger partial charge on any atom is 0.144 e. The molecule has 1 saturated heterocycles. The van der Waals surface area contributed by atoms with Gasteiger partial charge in [0, 0.05) is 37.8 Å². The van der Waals surface area contributed by atoms with Crippen LogP contribution < -0.4 is 4.90 Å². The van der Waals surface area contributed by atoms with E-state index in [1.807, 2.05) is 36.4 Å². The molecule has 1 aromatic carbocycles. The minimum Gasteiger partial charge on any atom is -0.304 e. The molecule has 4 rings (SSSR count). The second-order valence-corrected chi connectivity index (χ2v) is 7.04. The van der Waals surface area contributed by atoms with E-state index in [-0.39, 0.29) is 12.1 Å². The molecular formula is C19H25N7. The maximum atomic E-state index is 8.50. The number of nitrogens with one attached hydrogen (secondary N) is 2. The quantitative estimate of drug-likeness (QED) is 0.885. The number of aliphatic imine (C=N–C) groups is 1. The van der Waals surface area contributed by atoms with Gasteiger partial charge in [0.25, 0.3) is 0 Å². The van der Waals surface area contributed by atoms with Gasteiger partial charge in [-0.3, -0.25) is 20.3 Å². The van der Waals surface area contributed by atoms with Crippen LogP contribution in [0, 0.1) is 11.3 Å². The number of benzene rings is 1. The average Bonchev–Trinajstić information content (AvgIpc) is 3.19. The first-order valence-electron chi connectivity index (χ1n) is 9.09. The Labute approximate surface area is 153 Å². The lowest BCUT2D eigenvalue weighted by molar-refractivity contribution is 0.100. The third kappa shape index (κ3) is 3.04. The number of hydrogen-bond donors (Lipinski definition) is 2. The van der Waals surface area contributed by atoms with Gasteiger partial charge in [0.1, 0.15) is 17.5 Å². The smallest absolute Gasteiger partial charge is 0.144 e. The fourth-order valence-electron chi connectivity index (χ4n) is 3.76. The summed E-state index contributed by atoms with van der Waals surface area (Å²) >= 11 is 0. The van der Waals surface area contributed by atoms with E-state index in [0.29, 0.717) is 5.84 Å². The van der Waals surface area contributed by atoms with Crippen molar-refractivity contribution in [3.8, 4) is 0 Å². The minimum atomic E-state index is 0.00849. The van der Waals surface area contributed by atoms with Crippen LogP contribution in [-0.4, -0.2) is 71.1 Å². The van der Waals surface area contributed by atoms with E-state index in [4.69, 9.17) is 5.41 Å². The van der Waals surface area contributed by atoms with Crippen molar-refractivity contribution >= 4 is 17.5 Å². The van der Waals surface area contributed by atoms with Crippen molar-refractivity contribution in [3.63, 3.8) is 0 Å². The highest BCUT2D eigenvalue weighted by Gasteiger charge is 2.40. The zero-order chi connectivity index (χ0) is 18.1. The lowest BCUT2D eigenvalue weighted by atomic mass is 9.99. The molecule has 2 unspecified atom stereocenters. The molecule has 2 aromatic rings. The Morgan fingerprint density at radius 3 is 2.46 bits per heavy atom. The van der Waals surface area contributed by atoms with Crippen molar-refractivity contribution in [3.05, 3.63) is 48.2 Å². The summed E-state index contributed by atoms with van der Waals surface area (Å²) < 4.78 is 0. The van der Waals surface area contributed by atoms with E-state index in [1.165, 1.54) is 0 Å². The van der Waals surface area contributed by atoms with E-state index < -0.39 is 0 Å². The van der Waals surface area contributed by atoms with Gasteiger partial charge in [-0.15, -0.1) is 0 Å². The Morgan fingerprint density at radius 1 is 1.08 bits per heavy atom. The van der Waals surface area contributed by atoms with Crippen molar-refractivity contribution < 1.29 is 0 Å². The van der Waals surface area contributed by atoms with E-state index in [2.05, 4.69) is 43.9 Å². The van der Waals surface area contributed by atoms with Crippen LogP contribution in [0.25, 0.3) is 0 Å². The van der Waals surface area contributed by atoms with E-state index in [1.54, 1.807) is 6.20 Å². The number of rotatable bonds is 3. The molecule has 0 radical (unpaired) electrons. The molecule has 0 spiro atoms. The number of nitrogens with zero attached hydrogens (tertiary/aromatic N) is 5. The highest BCUT2D eigenvalue weighted by molar-refractivity contribution is 6.16. The van der Waals surface area contributed by atoms with Gasteiger partial charge in [0.2, 0.25) is 0 Å². The van der Waals surface area contributed by atoms with Crippen molar-refractivity contribution in [2.24, 2.45) is 10.9 Å². The van der Waals surface area contributed by atoms with Crippen molar-refractivity contribution in [1.29, 1.82) is 5.41 Å². The number of amidine groups is 2. The average molecular weight is 351 g/mol. The van der Waals surface area contributed by atoms with E-state index in [9.17, 15) is 0 Å². The highest BCUT2D eigenvalue weighted by atomic mass is 15.4. The van der Waals surface area contributed by atoms with Gasteiger partial charge in [0.15, 0.2) is 0 Å². The number of H-pyrrole nitrogens is 1. The zero-order valence-corrected chi connectivity index (χ0v) is 15.3. The Morgan fingerprint density at radius 2 is 1.81 bits per heavy atom. The van der Waals surface area contributed by atoms with Crippen molar-refractivity contribution in [2.75, 3.05) is 38.1 Å². The summed E-state index contributed by atoms with van der Waals surface area (Å²) in [6.45, 7) is 6.12. The molecule has 3 heterocycles. The Kier molecular flexibility index (Phi) is 4.57. The Hall–Kier alpha value is -2.51. The molecule has 2 aliphatic rings. The summed E-state index contributed by atoms with van der Waals surface area (Å²) in [6, 6.07) is 12.1. The number of piperazine rings is 1. The third-order valence-corrected chi connectivity index (χ3v) is 5.29. The summed E-state index contributed by atoms with van der Waals surface area (Å²) in [5.74, 6) is 2.16. The zero-order valence-electron chi connectivity index (χ0n) is 15.3. The molecule has 1 aromatic heterocycles. The van der Waals surface area contributed by atoms with Crippen LogP contribution in [0.2, 0.25) is 0 Å². The molecule has 26 heavy (non-hydrogen) atoms. The lowest BCUT2D eigenvalue weighted by Gasteiger charge is -2.48. The monoisotopic (exact) mass is 351 g/mol. The first-order valence-corrected chi connectivity index (χ1v) is 9.09. The molecule has 136 valence electrons. The van der Waals surface area contributed by atoms with Gasteiger partial charge >= 0.3 is 0 Å². The van der Waals surface area contributed by atoms with Gasteiger partial charge in [-0.25, -0.2) is 4.99 Å². The Balaban J connectivity index is 1.78. The molecule has 0 bridgehead atoms. The Bertz CT molecular complexity index is 775. The van der Waals surface area contributed by atoms with Crippen LogP contribution in [0.3, 0.4) is 0 Å². The fraction of sp³-hybridized carbons (Fsp3) is 0.421. The fourth-order valence-corrected chi connectivity index (χ4v) is 3.76. The molecule has 1 fully saturated rings. The second kappa shape index (κ2) is 7.01. The SMILES string of the molecule is CC1C(=N)N=C(c2ccccc2)N(c2ccn[nH]2)C1N1CCN(C)CC1.